The first-order valence-electron chi connectivity index (χ1n) is 3.55. The number of hydrogen-bond donors (Lipinski definition) is 0. The van der Waals surface area contributed by atoms with E-state index in [1.807, 2.05) is 6.92 Å². The molecule has 0 amide bonds. The summed E-state index contributed by atoms with van der Waals surface area (Å²) in [6, 6.07) is 0. The van der Waals surface area contributed by atoms with Crippen molar-refractivity contribution in [3.05, 3.63) is 0 Å². The van der Waals surface area contributed by atoms with E-state index < -0.39 is 0 Å². The maximum absolute atomic E-state index is 5.36. The molecule has 0 saturated carbocycles. The molecule has 1 rings (SSSR count). The lowest BCUT2D eigenvalue weighted by Gasteiger charge is -2.04. The minimum atomic E-state index is -0.199. The van der Waals surface area contributed by atoms with Gasteiger partial charge in [-0.3, -0.25) is 0 Å². The van der Waals surface area contributed by atoms with E-state index in [0.29, 0.717) is 0 Å². The first-order chi connectivity index (χ1) is 4.27. The topological polar surface area (TPSA) is 21.8 Å². The van der Waals surface area contributed by atoms with Gasteiger partial charge in [0.2, 0.25) is 0 Å². The molecule has 1 aliphatic heterocycles. The summed E-state index contributed by atoms with van der Waals surface area (Å²) in [7, 11) is 0. The van der Waals surface area contributed by atoms with Crippen LogP contribution in [0.5, 0.6) is 0 Å². The average molecular weight is 130 g/mol. The van der Waals surface area contributed by atoms with Crippen LogP contribution in [-0.4, -0.2) is 19.0 Å². The smallest absolute Gasteiger partial charge is 0.189 e. The predicted molar refractivity (Wildman–Crippen MR) is 35.2 cm³/mol. The Balaban J connectivity index is 1.92. The van der Waals surface area contributed by atoms with Crippen LogP contribution in [0.1, 0.15) is 26.7 Å². The Hall–Kier alpha value is -0.0800. The van der Waals surface area contributed by atoms with Crippen LogP contribution in [0.15, 0.2) is 0 Å². The van der Waals surface area contributed by atoms with Gasteiger partial charge in [0, 0.05) is 0 Å². The Morgan fingerprint density at radius 1 is 1.67 bits per heavy atom. The Bertz CT molecular complexity index is 86.9. The van der Waals surface area contributed by atoms with Crippen LogP contribution in [0.2, 0.25) is 0 Å². The van der Waals surface area contributed by atoms with Crippen LogP contribution in [0.25, 0.3) is 0 Å². The minimum absolute atomic E-state index is 0.199. The molecule has 2 heteroatoms. The highest BCUT2D eigenvalue weighted by atomic mass is 16.8. The summed E-state index contributed by atoms with van der Waals surface area (Å²) in [5.74, 6) is -0.199. The molecule has 1 heterocycles. The third-order valence-electron chi connectivity index (χ3n) is 1.46. The fraction of sp³-hybridized carbons (Fsp3) is 1.00. The molecule has 0 radical (unpaired) electrons. The van der Waals surface area contributed by atoms with Crippen molar-refractivity contribution in [3.63, 3.8) is 0 Å². The van der Waals surface area contributed by atoms with Crippen LogP contribution in [0, 0.1) is 0 Å². The molecule has 0 aromatic carbocycles. The third kappa shape index (κ3) is 2.33. The Morgan fingerprint density at radius 3 is 2.78 bits per heavy atom. The van der Waals surface area contributed by atoms with E-state index >= 15 is 0 Å². The van der Waals surface area contributed by atoms with Gasteiger partial charge in [0.25, 0.3) is 0 Å². The number of hydrogen-bond acceptors (Lipinski definition) is 2. The lowest BCUT2D eigenvalue weighted by atomic mass is 10.3. The highest BCUT2D eigenvalue weighted by molar-refractivity contribution is 4.74. The van der Waals surface area contributed by atoms with Gasteiger partial charge in [-0.1, -0.05) is 13.3 Å². The summed E-state index contributed by atoms with van der Waals surface area (Å²) < 4.78 is 10.4. The second-order valence-corrected chi connectivity index (χ2v) is 2.62. The van der Waals surface area contributed by atoms with Gasteiger partial charge in [-0.2, -0.15) is 0 Å². The monoisotopic (exact) mass is 130 g/mol. The Kier molecular flexibility index (Phi) is 2.09. The van der Waals surface area contributed by atoms with E-state index in [1.165, 1.54) is 6.42 Å². The molecule has 0 N–H and O–H groups in total. The maximum Gasteiger partial charge on any atom is 0.189 e. The summed E-state index contributed by atoms with van der Waals surface area (Å²) in [6.45, 7) is 5.74. The molecule has 0 aromatic heterocycles. The van der Waals surface area contributed by atoms with Crippen molar-refractivity contribution in [1.29, 1.82) is 0 Å². The number of unbranched alkanes of at least 4 members (excludes halogenated alkanes) is 1. The van der Waals surface area contributed by atoms with E-state index in [9.17, 15) is 0 Å². The van der Waals surface area contributed by atoms with Gasteiger partial charge in [0.15, 0.2) is 5.79 Å². The first-order valence-corrected chi connectivity index (χ1v) is 3.55. The molecule has 1 atom stereocenters. The minimum Gasteiger partial charge on any atom is -0.348 e. The zero-order chi connectivity index (χ0) is 6.74. The van der Waals surface area contributed by atoms with Gasteiger partial charge in [-0.15, -0.1) is 0 Å². The van der Waals surface area contributed by atoms with E-state index in [2.05, 4.69) is 6.92 Å². The van der Waals surface area contributed by atoms with Gasteiger partial charge in [-0.25, -0.2) is 0 Å². The van der Waals surface area contributed by atoms with Crippen LogP contribution >= 0.6 is 0 Å². The second kappa shape index (κ2) is 2.67. The molecule has 54 valence electrons. The quantitative estimate of drug-likeness (QED) is 0.425. The Morgan fingerprint density at radius 2 is 2.33 bits per heavy atom. The van der Waals surface area contributed by atoms with Crippen LogP contribution < -0.4 is 0 Å². The number of epoxide rings is 1. The third-order valence-corrected chi connectivity index (χ3v) is 1.46. The summed E-state index contributed by atoms with van der Waals surface area (Å²) >= 11 is 0. The highest BCUT2D eigenvalue weighted by Gasteiger charge is 2.40. The van der Waals surface area contributed by atoms with Crippen molar-refractivity contribution >= 4 is 0 Å². The zero-order valence-corrected chi connectivity index (χ0v) is 6.14. The standard InChI is InChI=1S/C7H14O2/c1-3-4-5-8-7(2)6-9-7/h3-6H2,1-2H3. The lowest BCUT2D eigenvalue weighted by Crippen LogP contribution is -2.11. The SMILES string of the molecule is CCCCOC1(C)CO1. The molecular formula is C7H14O2. The maximum atomic E-state index is 5.36. The van der Waals surface area contributed by atoms with Gasteiger partial charge in [0.1, 0.15) is 6.61 Å². The molecule has 1 saturated heterocycles. The average Bonchev–Trinajstić information content (AvgIpc) is 2.50. The Labute approximate surface area is 56.2 Å². The van der Waals surface area contributed by atoms with Crippen molar-refractivity contribution in [2.45, 2.75) is 32.5 Å². The van der Waals surface area contributed by atoms with Crippen molar-refractivity contribution in [1.82, 2.24) is 0 Å². The molecule has 0 aliphatic carbocycles. The molecule has 1 aliphatic rings. The zero-order valence-electron chi connectivity index (χ0n) is 6.14. The normalized spacial score (nSPS) is 32.7. The predicted octanol–water partition coefficient (Wildman–Crippen LogP) is 1.55. The molecule has 0 bridgehead atoms. The highest BCUT2D eigenvalue weighted by Crippen LogP contribution is 2.27. The van der Waals surface area contributed by atoms with Crippen LogP contribution in [0.4, 0.5) is 0 Å². The summed E-state index contributed by atoms with van der Waals surface area (Å²) in [6.07, 6.45) is 2.33. The van der Waals surface area contributed by atoms with Gasteiger partial charge in [-0.05, 0) is 13.3 Å². The molecule has 2 nitrogen and oxygen atoms in total. The van der Waals surface area contributed by atoms with Crippen molar-refractivity contribution in [2.24, 2.45) is 0 Å². The van der Waals surface area contributed by atoms with Gasteiger partial charge < -0.3 is 9.47 Å². The summed E-state index contributed by atoms with van der Waals surface area (Å²) in [5, 5.41) is 0. The van der Waals surface area contributed by atoms with Gasteiger partial charge >= 0.3 is 0 Å². The summed E-state index contributed by atoms with van der Waals surface area (Å²) in [4.78, 5) is 0. The first kappa shape index (κ1) is 7.03. The lowest BCUT2D eigenvalue weighted by molar-refractivity contribution is -0.0304. The van der Waals surface area contributed by atoms with E-state index in [1.54, 1.807) is 0 Å². The summed E-state index contributed by atoms with van der Waals surface area (Å²) in [5.41, 5.74) is 0. The molecule has 9 heavy (non-hydrogen) atoms. The number of ether oxygens (including phenoxy) is 2. The fourth-order valence-corrected chi connectivity index (χ4v) is 0.617. The van der Waals surface area contributed by atoms with E-state index in [-0.39, 0.29) is 5.79 Å². The molecular weight excluding hydrogens is 116 g/mol. The van der Waals surface area contributed by atoms with Crippen molar-refractivity contribution in [2.75, 3.05) is 13.2 Å². The second-order valence-electron chi connectivity index (χ2n) is 2.62. The van der Waals surface area contributed by atoms with Crippen LogP contribution in [-0.2, 0) is 9.47 Å². The molecule has 1 unspecified atom stereocenters. The van der Waals surface area contributed by atoms with Gasteiger partial charge in [0.05, 0.1) is 6.61 Å². The molecule has 0 aromatic rings. The van der Waals surface area contributed by atoms with Crippen molar-refractivity contribution in [3.8, 4) is 0 Å². The van der Waals surface area contributed by atoms with Crippen molar-refractivity contribution < 1.29 is 9.47 Å². The largest absolute Gasteiger partial charge is 0.348 e. The molecule has 0 spiro atoms. The van der Waals surface area contributed by atoms with E-state index in [4.69, 9.17) is 9.47 Å². The van der Waals surface area contributed by atoms with Crippen LogP contribution in [0.3, 0.4) is 0 Å². The van der Waals surface area contributed by atoms with E-state index in [0.717, 1.165) is 19.6 Å². The number of rotatable bonds is 4. The fourth-order valence-electron chi connectivity index (χ4n) is 0.617. The molecule has 1 fully saturated rings.